The maximum Gasteiger partial charge on any atom is 0.265 e. The van der Waals surface area contributed by atoms with Gasteiger partial charge in [0.2, 0.25) is 0 Å². The Labute approximate surface area is 385 Å². The zero-order valence-electron chi connectivity index (χ0n) is 36.8. The minimum atomic E-state index is -0.281. The van der Waals surface area contributed by atoms with Crippen LogP contribution in [0.2, 0.25) is 0 Å². The van der Waals surface area contributed by atoms with E-state index in [1.54, 1.807) is 41.9 Å². The number of amides is 2. The molecule has 2 amide bonds. The van der Waals surface area contributed by atoms with Crippen molar-refractivity contribution < 1.29 is 14.0 Å². The third-order valence-corrected chi connectivity index (χ3v) is 13.4. The fraction of sp³-hybridized carbons (Fsp3) is 0.245. The van der Waals surface area contributed by atoms with E-state index < -0.39 is 0 Å². The Morgan fingerprint density at radius 2 is 1.42 bits per heavy atom. The maximum absolute atomic E-state index is 13.5. The fourth-order valence-corrected chi connectivity index (χ4v) is 9.71. The molecule has 0 atom stereocenters. The molecule has 1 aromatic heterocycles. The van der Waals surface area contributed by atoms with E-state index in [2.05, 4.69) is 64.5 Å². The molecule has 8 nitrogen and oxygen atoms in total. The summed E-state index contributed by atoms with van der Waals surface area (Å²) in [5, 5.41) is 4.91. The molecule has 5 aromatic carbocycles. The van der Waals surface area contributed by atoms with Gasteiger partial charge in [-0.2, -0.15) is 0 Å². The first-order valence-corrected chi connectivity index (χ1v) is 23.7. The van der Waals surface area contributed by atoms with Gasteiger partial charge in [-0.05, 0) is 130 Å². The number of carbonyl (C=O) groups is 2. The van der Waals surface area contributed by atoms with Gasteiger partial charge in [-0.25, -0.2) is 14.4 Å². The lowest BCUT2D eigenvalue weighted by Crippen LogP contribution is -2.39. The topological polar surface area (TPSA) is 89.9 Å². The number of aliphatic imine (C=N–C) groups is 1. The van der Waals surface area contributed by atoms with Crippen LogP contribution >= 0.6 is 23.5 Å². The van der Waals surface area contributed by atoms with E-state index in [-0.39, 0.29) is 17.6 Å². The minimum Gasteiger partial charge on any atom is -0.371 e. The molecule has 0 bridgehead atoms. The van der Waals surface area contributed by atoms with E-state index in [1.807, 2.05) is 91.7 Å². The number of rotatable bonds is 10. The predicted octanol–water partition coefficient (Wildman–Crippen LogP) is 12.2. The van der Waals surface area contributed by atoms with Crippen LogP contribution in [0.3, 0.4) is 0 Å². The Morgan fingerprint density at radius 1 is 0.734 bits per heavy atom. The molecule has 0 unspecified atom stereocenters. The molecule has 0 spiro atoms. The van der Waals surface area contributed by atoms with Crippen molar-refractivity contribution in [1.82, 2.24) is 25.6 Å². The summed E-state index contributed by atoms with van der Waals surface area (Å²) < 4.78 is 13.5. The zero-order valence-corrected chi connectivity index (χ0v) is 38.4. The Balaban J connectivity index is 0.000000185. The molecule has 3 aliphatic heterocycles. The number of hydrogen-bond donors (Lipinski definition) is 2. The average Bonchev–Trinajstić information content (AvgIpc) is 3.80. The second kappa shape index (κ2) is 22.6. The van der Waals surface area contributed by atoms with Crippen LogP contribution < -0.4 is 10.7 Å². The van der Waals surface area contributed by atoms with Crippen molar-refractivity contribution in [3.63, 3.8) is 0 Å². The van der Waals surface area contributed by atoms with E-state index >= 15 is 0 Å². The highest BCUT2D eigenvalue weighted by molar-refractivity contribution is 7.99. The number of likely N-dealkylation sites (tertiary alicyclic amines) is 1. The van der Waals surface area contributed by atoms with Gasteiger partial charge in [-0.15, -0.1) is 0 Å². The summed E-state index contributed by atoms with van der Waals surface area (Å²) in [5.41, 5.74) is 11.8. The second-order valence-electron chi connectivity index (χ2n) is 15.5. The Hall–Kier alpha value is -6.01. The SMILES string of the molecule is C=C(c1ccccc1Sc1ccc(C(=O)NCc2ccccn2)cc1C)N1CCCCC1.CC.O=C(NN1CCCC1)c1ccc2c(c1)N=C(c1ccc(F)cc1)c1ccccc1S2. The second-order valence-corrected chi connectivity index (χ2v) is 17.6. The molecule has 11 heteroatoms. The molecule has 0 radical (unpaired) electrons. The monoisotopic (exact) mass is 890 g/mol. The lowest BCUT2D eigenvalue weighted by atomic mass is 10.0. The van der Waals surface area contributed by atoms with Crippen molar-refractivity contribution >= 4 is 52.4 Å². The van der Waals surface area contributed by atoms with Crippen LogP contribution in [0, 0.1) is 12.7 Å². The summed E-state index contributed by atoms with van der Waals surface area (Å²) >= 11 is 3.36. The molecular formula is C53H55FN6O2S2. The Bertz CT molecular complexity index is 2590. The van der Waals surface area contributed by atoms with Crippen molar-refractivity contribution in [3.8, 4) is 0 Å². The number of hydrogen-bond acceptors (Lipinski definition) is 8. The van der Waals surface area contributed by atoms with Crippen LogP contribution in [-0.4, -0.2) is 58.6 Å². The van der Waals surface area contributed by atoms with Crippen molar-refractivity contribution in [2.45, 2.75) is 79.0 Å². The van der Waals surface area contributed by atoms with Crippen LogP contribution in [0.5, 0.6) is 0 Å². The number of nitrogens with one attached hydrogen (secondary N) is 2. The van der Waals surface area contributed by atoms with Crippen LogP contribution in [0.15, 0.2) is 165 Å². The van der Waals surface area contributed by atoms with Crippen LogP contribution in [0.1, 0.15) is 94.6 Å². The molecule has 6 aromatic rings. The number of pyridine rings is 1. The highest BCUT2D eigenvalue weighted by Crippen LogP contribution is 2.42. The lowest BCUT2D eigenvalue weighted by Gasteiger charge is -2.31. The first-order chi connectivity index (χ1) is 31.3. The first-order valence-electron chi connectivity index (χ1n) is 22.1. The largest absolute Gasteiger partial charge is 0.371 e. The summed E-state index contributed by atoms with van der Waals surface area (Å²) in [7, 11) is 0. The number of nitrogens with zero attached hydrogens (tertiary/aromatic N) is 4. The summed E-state index contributed by atoms with van der Waals surface area (Å²) in [5.74, 6) is -0.490. The van der Waals surface area contributed by atoms with E-state index in [4.69, 9.17) is 4.99 Å². The number of fused-ring (bicyclic) bond motifs is 2. The summed E-state index contributed by atoms with van der Waals surface area (Å²) in [4.78, 5) is 41.3. The van der Waals surface area contributed by atoms with E-state index in [9.17, 15) is 14.0 Å². The van der Waals surface area contributed by atoms with Crippen molar-refractivity contribution in [2.24, 2.45) is 4.99 Å². The minimum absolute atomic E-state index is 0.0887. The number of hydrazine groups is 1. The zero-order chi connectivity index (χ0) is 44.8. The fourth-order valence-electron chi connectivity index (χ4n) is 7.68. The van der Waals surface area contributed by atoms with Crippen LogP contribution in [0.25, 0.3) is 5.70 Å². The molecule has 4 heterocycles. The van der Waals surface area contributed by atoms with Crippen molar-refractivity contribution in [3.05, 3.63) is 185 Å². The quantitative estimate of drug-likeness (QED) is 0.141. The van der Waals surface area contributed by atoms with Gasteiger partial charge in [0.15, 0.2) is 0 Å². The molecule has 64 heavy (non-hydrogen) atoms. The first kappa shape index (κ1) is 46.0. The summed E-state index contributed by atoms with van der Waals surface area (Å²) in [6, 6.07) is 40.1. The Morgan fingerprint density at radius 3 is 2.17 bits per heavy atom. The highest BCUT2D eigenvalue weighted by atomic mass is 32.2. The van der Waals surface area contributed by atoms with Gasteiger partial charge < -0.3 is 10.2 Å². The van der Waals surface area contributed by atoms with Gasteiger partial charge in [-0.3, -0.25) is 20.0 Å². The number of carbonyl (C=O) groups excluding carboxylic acids is 2. The summed E-state index contributed by atoms with van der Waals surface area (Å²) in [6.45, 7) is 14.8. The molecule has 9 rings (SSSR count). The Kier molecular flexibility index (Phi) is 16.2. The molecule has 0 aliphatic carbocycles. The molecule has 328 valence electrons. The number of aromatic nitrogens is 1. The summed E-state index contributed by atoms with van der Waals surface area (Å²) in [6.07, 6.45) is 7.71. The third-order valence-electron chi connectivity index (χ3n) is 11.0. The molecule has 2 fully saturated rings. The molecule has 0 saturated carbocycles. The molecule has 2 N–H and O–H groups in total. The van der Waals surface area contributed by atoms with Gasteiger partial charge in [0.05, 0.1) is 23.6 Å². The lowest BCUT2D eigenvalue weighted by molar-refractivity contribution is 0.0825. The number of benzene rings is 5. The molecule has 2 saturated heterocycles. The van der Waals surface area contributed by atoms with Crippen LogP contribution in [-0.2, 0) is 6.54 Å². The van der Waals surface area contributed by atoms with Gasteiger partial charge in [-0.1, -0.05) is 86.4 Å². The number of piperidine rings is 1. The van der Waals surface area contributed by atoms with E-state index in [0.717, 1.165) is 93.2 Å². The number of aryl methyl sites for hydroxylation is 1. The van der Waals surface area contributed by atoms with Gasteiger partial charge >= 0.3 is 0 Å². The normalized spacial score (nSPS) is 14.2. The van der Waals surface area contributed by atoms with Gasteiger partial charge in [0.1, 0.15) is 5.82 Å². The van der Waals surface area contributed by atoms with Crippen molar-refractivity contribution in [1.29, 1.82) is 0 Å². The average molecular weight is 891 g/mol. The van der Waals surface area contributed by atoms with E-state index in [1.165, 1.54) is 41.9 Å². The smallest absolute Gasteiger partial charge is 0.265 e. The van der Waals surface area contributed by atoms with Crippen LogP contribution in [0.4, 0.5) is 10.1 Å². The number of halogens is 1. The highest BCUT2D eigenvalue weighted by Gasteiger charge is 2.22. The van der Waals surface area contributed by atoms with E-state index in [0.29, 0.717) is 17.7 Å². The standard InChI is InChI=1S/C27H29N3OS.C24H20FN3OS.C2H6/c1-20-18-22(27(31)29-19-23-10-6-7-15-28-23)13-14-25(20)32-26-12-5-4-11-24(26)21(2)30-16-8-3-9-17-30;25-18-10-7-16(8-11-18)23-19-5-1-2-6-21(19)30-22-12-9-17(15-20(22)26-23)24(29)27-28-13-3-4-14-28;1-2/h4-7,10-15,18H,2-3,8-9,16-17,19H2,1H3,(H,29,31);1-2,5-12,15H,3-4,13-14H2,(H,27,29);1-2H3. The van der Waals surface area contributed by atoms with Gasteiger partial charge in [0, 0.05) is 85.5 Å². The predicted molar refractivity (Wildman–Crippen MR) is 260 cm³/mol. The molecule has 3 aliphatic rings. The third kappa shape index (κ3) is 11.8. The maximum atomic E-state index is 13.5. The van der Waals surface area contributed by atoms with Gasteiger partial charge in [0.25, 0.3) is 11.8 Å². The van der Waals surface area contributed by atoms with Crippen molar-refractivity contribution in [2.75, 3.05) is 26.2 Å². The molecular weight excluding hydrogens is 836 g/mol.